The highest BCUT2D eigenvalue weighted by atomic mass is 14.3. The van der Waals surface area contributed by atoms with Gasteiger partial charge in [-0.3, -0.25) is 0 Å². The first-order chi connectivity index (χ1) is 7.95. The minimum atomic E-state index is 0.411. The van der Waals surface area contributed by atoms with Crippen LogP contribution in [0.5, 0.6) is 0 Å². The molecular formula is C17H28. The molecule has 0 N–H and O–H groups in total. The van der Waals surface area contributed by atoms with Gasteiger partial charge in [0.25, 0.3) is 0 Å². The first-order valence-corrected chi connectivity index (χ1v) is 6.99. The Bertz CT molecular complexity index is 305. The van der Waals surface area contributed by atoms with Crippen molar-refractivity contribution in [2.75, 3.05) is 0 Å². The van der Waals surface area contributed by atoms with E-state index in [1.807, 2.05) is 0 Å². The zero-order valence-electron chi connectivity index (χ0n) is 12.2. The third kappa shape index (κ3) is 4.53. The third-order valence-corrected chi connectivity index (χ3v) is 4.07. The van der Waals surface area contributed by atoms with Crippen LogP contribution < -0.4 is 0 Å². The molecule has 1 rings (SSSR count). The summed E-state index contributed by atoms with van der Waals surface area (Å²) in [7, 11) is 0. The quantitative estimate of drug-likeness (QED) is 0.644. The molecule has 1 aromatic carbocycles. The second kappa shape index (κ2) is 6.23. The summed E-state index contributed by atoms with van der Waals surface area (Å²) in [4.78, 5) is 0. The monoisotopic (exact) mass is 232 g/mol. The van der Waals surface area contributed by atoms with E-state index >= 15 is 0 Å². The summed E-state index contributed by atoms with van der Waals surface area (Å²) in [5, 5.41) is 0. The molecule has 0 saturated carbocycles. The topological polar surface area (TPSA) is 0 Å². The van der Waals surface area contributed by atoms with Crippen molar-refractivity contribution in [3.63, 3.8) is 0 Å². The molecule has 0 radical (unpaired) electrons. The van der Waals surface area contributed by atoms with Crippen LogP contribution in [-0.4, -0.2) is 0 Å². The molecule has 2 unspecified atom stereocenters. The largest absolute Gasteiger partial charge is 0.0654 e. The lowest BCUT2D eigenvalue weighted by atomic mass is 9.71. The van der Waals surface area contributed by atoms with Crippen molar-refractivity contribution < 1.29 is 0 Å². The number of rotatable bonds is 5. The lowest BCUT2D eigenvalue weighted by molar-refractivity contribution is 0.166. The van der Waals surface area contributed by atoms with E-state index in [9.17, 15) is 0 Å². The molecule has 1 aromatic rings. The Morgan fingerprint density at radius 3 is 2.12 bits per heavy atom. The van der Waals surface area contributed by atoms with E-state index in [1.165, 1.54) is 24.8 Å². The third-order valence-electron chi connectivity index (χ3n) is 4.07. The molecule has 2 atom stereocenters. The second-order valence-corrected chi connectivity index (χ2v) is 6.39. The highest BCUT2D eigenvalue weighted by Crippen LogP contribution is 2.35. The maximum absolute atomic E-state index is 2.42. The Labute approximate surface area is 107 Å². The maximum atomic E-state index is 2.42. The fraction of sp³-hybridized carbons (Fsp3) is 0.647. The van der Waals surface area contributed by atoms with E-state index in [-0.39, 0.29) is 0 Å². The summed E-state index contributed by atoms with van der Waals surface area (Å²) in [5.74, 6) is 1.57. The molecule has 0 saturated heterocycles. The molecule has 0 spiro atoms. The summed E-state index contributed by atoms with van der Waals surface area (Å²) in [6.07, 6.45) is 3.86. The fourth-order valence-electron chi connectivity index (χ4n) is 2.52. The second-order valence-electron chi connectivity index (χ2n) is 6.39. The minimum Gasteiger partial charge on any atom is -0.0654 e. The van der Waals surface area contributed by atoms with E-state index in [0.717, 1.165) is 11.8 Å². The molecule has 0 heterocycles. The van der Waals surface area contributed by atoms with Gasteiger partial charge in [0.15, 0.2) is 0 Å². The van der Waals surface area contributed by atoms with Gasteiger partial charge >= 0.3 is 0 Å². The Kier molecular flexibility index (Phi) is 5.24. The molecule has 0 heteroatoms. The zero-order valence-corrected chi connectivity index (χ0v) is 12.2. The molecule has 0 aliphatic rings. The van der Waals surface area contributed by atoms with E-state index in [0.29, 0.717) is 5.41 Å². The minimum absolute atomic E-state index is 0.411. The van der Waals surface area contributed by atoms with Crippen LogP contribution in [0.3, 0.4) is 0 Å². The maximum Gasteiger partial charge on any atom is -0.0248 e. The number of benzene rings is 1. The van der Waals surface area contributed by atoms with Crippen LogP contribution in [0.1, 0.15) is 53.0 Å². The zero-order chi connectivity index (χ0) is 12.9. The summed E-state index contributed by atoms with van der Waals surface area (Å²) in [6, 6.07) is 10.9. The predicted octanol–water partition coefficient (Wildman–Crippen LogP) is 5.33. The van der Waals surface area contributed by atoms with Crippen molar-refractivity contribution in [3.05, 3.63) is 35.9 Å². The average Bonchev–Trinajstić information content (AvgIpc) is 2.28. The Morgan fingerprint density at radius 2 is 1.65 bits per heavy atom. The molecule has 0 bridgehead atoms. The highest BCUT2D eigenvalue weighted by Gasteiger charge is 2.27. The Morgan fingerprint density at radius 1 is 1.06 bits per heavy atom. The van der Waals surface area contributed by atoms with Gasteiger partial charge in [-0.2, -0.15) is 0 Å². The Hall–Kier alpha value is -0.780. The van der Waals surface area contributed by atoms with Crippen LogP contribution >= 0.6 is 0 Å². The Balaban J connectivity index is 2.73. The molecule has 0 nitrogen and oxygen atoms in total. The van der Waals surface area contributed by atoms with Gasteiger partial charge in [0.1, 0.15) is 0 Å². The van der Waals surface area contributed by atoms with E-state index in [4.69, 9.17) is 0 Å². The van der Waals surface area contributed by atoms with Gasteiger partial charge in [0, 0.05) is 0 Å². The molecule has 0 amide bonds. The fourth-order valence-corrected chi connectivity index (χ4v) is 2.52. The number of hydrogen-bond acceptors (Lipinski definition) is 0. The first-order valence-electron chi connectivity index (χ1n) is 6.99. The van der Waals surface area contributed by atoms with Crippen molar-refractivity contribution in [1.29, 1.82) is 0 Å². The average molecular weight is 232 g/mol. The van der Waals surface area contributed by atoms with Crippen molar-refractivity contribution >= 4 is 0 Å². The first kappa shape index (κ1) is 14.3. The van der Waals surface area contributed by atoms with Crippen LogP contribution in [-0.2, 0) is 6.42 Å². The van der Waals surface area contributed by atoms with Gasteiger partial charge < -0.3 is 0 Å². The van der Waals surface area contributed by atoms with Crippen LogP contribution in [0.15, 0.2) is 30.3 Å². The standard InChI is InChI=1S/C17H28/c1-6-10-16(14(2)17(3,4)5)13-15-11-8-7-9-12-15/h7-9,11-12,14,16H,6,10,13H2,1-5H3. The summed E-state index contributed by atoms with van der Waals surface area (Å²) < 4.78 is 0. The molecule has 0 aliphatic carbocycles. The van der Waals surface area contributed by atoms with Crippen LogP contribution in [0, 0.1) is 17.3 Å². The van der Waals surface area contributed by atoms with E-state index < -0.39 is 0 Å². The van der Waals surface area contributed by atoms with E-state index in [2.05, 4.69) is 65.0 Å². The summed E-state index contributed by atoms with van der Waals surface area (Å²) in [5.41, 5.74) is 1.90. The predicted molar refractivity (Wildman–Crippen MR) is 77.2 cm³/mol. The lowest BCUT2D eigenvalue weighted by Crippen LogP contribution is -2.27. The van der Waals surface area contributed by atoms with Crippen molar-refractivity contribution in [2.24, 2.45) is 17.3 Å². The van der Waals surface area contributed by atoms with Crippen LogP contribution in [0.2, 0.25) is 0 Å². The SMILES string of the molecule is CCCC(Cc1ccccc1)C(C)C(C)(C)C. The number of hydrogen-bond donors (Lipinski definition) is 0. The van der Waals surface area contributed by atoms with Crippen LogP contribution in [0.4, 0.5) is 0 Å². The van der Waals surface area contributed by atoms with E-state index in [1.54, 1.807) is 0 Å². The van der Waals surface area contributed by atoms with Gasteiger partial charge in [-0.05, 0) is 29.2 Å². The van der Waals surface area contributed by atoms with Gasteiger partial charge in [-0.25, -0.2) is 0 Å². The molecule has 96 valence electrons. The highest BCUT2D eigenvalue weighted by molar-refractivity contribution is 5.15. The van der Waals surface area contributed by atoms with Crippen molar-refractivity contribution in [2.45, 2.75) is 53.9 Å². The van der Waals surface area contributed by atoms with Gasteiger partial charge in [0.2, 0.25) is 0 Å². The summed E-state index contributed by atoms with van der Waals surface area (Å²) in [6.45, 7) is 11.8. The molecular weight excluding hydrogens is 204 g/mol. The summed E-state index contributed by atoms with van der Waals surface area (Å²) >= 11 is 0. The molecule has 17 heavy (non-hydrogen) atoms. The van der Waals surface area contributed by atoms with Gasteiger partial charge in [-0.15, -0.1) is 0 Å². The molecule has 0 fully saturated rings. The molecule has 0 aromatic heterocycles. The van der Waals surface area contributed by atoms with Crippen LogP contribution in [0.25, 0.3) is 0 Å². The van der Waals surface area contributed by atoms with Crippen molar-refractivity contribution in [3.8, 4) is 0 Å². The van der Waals surface area contributed by atoms with Gasteiger partial charge in [0.05, 0.1) is 0 Å². The molecule has 0 aliphatic heterocycles. The lowest BCUT2D eigenvalue weighted by Gasteiger charge is -2.34. The van der Waals surface area contributed by atoms with Gasteiger partial charge in [-0.1, -0.05) is 77.8 Å². The smallest absolute Gasteiger partial charge is 0.0248 e. The van der Waals surface area contributed by atoms with Crippen molar-refractivity contribution in [1.82, 2.24) is 0 Å². The normalized spacial score (nSPS) is 15.6.